The molecule has 3 aliphatic heterocycles. The molecule has 49 heavy (non-hydrogen) atoms. The Morgan fingerprint density at radius 3 is 2.55 bits per heavy atom. The fourth-order valence-electron chi connectivity index (χ4n) is 7.07. The quantitative estimate of drug-likeness (QED) is 0.304. The minimum atomic E-state index is -0.747. The van der Waals surface area contributed by atoms with Crippen LogP contribution in [0.15, 0.2) is 53.5 Å². The van der Waals surface area contributed by atoms with Crippen LogP contribution in [0.25, 0.3) is 0 Å². The van der Waals surface area contributed by atoms with Crippen molar-refractivity contribution in [3.8, 4) is 11.8 Å². The summed E-state index contributed by atoms with van der Waals surface area (Å²) in [5.74, 6) is 0.161. The maximum absolute atomic E-state index is 14.3. The average Bonchev–Trinajstić information content (AvgIpc) is 3.53. The van der Waals surface area contributed by atoms with Crippen molar-refractivity contribution in [1.82, 2.24) is 25.3 Å². The zero-order chi connectivity index (χ0) is 34.8. The molecule has 2 aromatic carbocycles. The van der Waals surface area contributed by atoms with Crippen LogP contribution in [-0.2, 0) is 20.9 Å². The summed E-state index contributed by atoms with van der Waals surface area (Å²) in [5, 5.41) is 16.0. The molecular weight excluding hydrogens is 618 g/mol. The molecule has 0 bridgehead atoms. The summed E-state index contributed by atoms with van der Waals surface area (Å²) in [5.41, 5.74) is 2.28. The number of carbonyl (C=O) groups excluding carboxylic acids is 2. The molecule has 2 saturated heterocycles. The molecule has 5 rings (SSSR count). The van der Waals surface area contributed by atoms with E-state index in [9.17, 15) is 14.9 Å². The second kappa shape index (κ2) is 17.5. The van der Waals surface area contributed by atoms with E-state index in [1.165, 1.54) is 39.5 Å². The van der Waals surface area contributed by atoms with E-state index in [1.54, 1.807) is 23.1 Å². The molecule has 0 spiro atoms. The largest absolute Gasteiger partial charge is 0.495 e. The number of nitriles is 1. The summed E-state index contributed by atoms with van der Waals surface area (Å²) < 4.78 is 11.8. The van der Waals surface area contributed by atoms with Gasteiger partial charge in [-0.3, -0.25) is 9.59 Å². The van der Waals surface area contributed by atoms with E-state index < -0.39 is 6.04 Å². The molecule has 3 aliphatic rings. The van der Waals surface area contributed by atoms with Gasteiger partial charge in [0.05, 0.1) is 31.3 Å². The van der Waals surface area contributed by atoms with Gasteiger partial charge in [-0.25, -0.2) is 4.99 Å². The van der Waals surface area contributed by atoms with Gasteiger partial charge in [0, 0.05) is 25.7 Å². The number of unbranched alkanes of at least 4 members (excludes halogenated alkanes) is 1. The summed E-state index contributed by atoms with van der Waals surface area (Å²) in [4.78, 5) is 39.5. The fraction of sp³-hybridized carbons (Fsp3) is 0.579. The number of nitrogens with one attached hydrogen (secondary N) is 2. The van der Waals surface area contributed by atoms with E-state index in [0.29, 0.717) is 30.4 Å². The first-order valence-corrected chi connectivity index (χ1v) is 17.9. The molecule has 2 unspecified atom stereocenters. The predicted molar refractivity (Wildman–Crippen MR) is 190 cm³/mol. The molecule has 0 saturated carbocycles. The third-order valence-corrected chi connectivity index (χ3v) is 9.70. The summed E-state index contributed by atoms with van der Waals surface area (Å²) in [6.07, 6.45) is 6.36. The van der Waals surface area contributed by atoms with Crippen LogP contribution in [0.2, 0.25) is 0 Å². The zero-order valence-corrected chi connectivity index (χ0v) is 29.6. The highest BCUT2D eigenvalue weighted by atomic mass is 16.5. The number of carbonyl (C=O) groups is 2. The Morgan fingerprint density at radius 2 is 1.84 bits per heavy atom. The monoisotopic (exact) mass is 671 g/mol. The van der Waals surface area contributed by atoms with Gasteiger partial charge in [-0.15, -0.1) is 0 Å². The lowest BCUT2D eigenvalue weighted by Crippen LogP contribution is -2.64. The third kappa shape index (κ3) is 9.52. The van der Waals surface area contributed by atoms with Crippen molar-refractivity contribution in [2.45, 2.75) is 96.1 Å². The zero-order valence-electron chi connectivity index (χ0n) is 29.6. The lowest BCUT2D eigenvalue weighted by atomic mass is 10.0. The molecule has 2 aromatic rings. The number of amidine groups is 1. The molecule has 264 valence electrons. The molecule has 0 aromatic heterocycles. The Labute approximate surface area is 291 Å². The number of piperazine rings is 1. The van der Waals surface area contributed by atoms with Gasteiger partial charge in [0.1, 0.15) is 24.0 Å². The lowest BCUT2D eigenvalue weighted by molar-refractivity contribution is -0.145. The smallest absolute Gasteiger partial charge is 0.288 e. The first-order valence-electron chi connectivity index (χ1n) is 17.9. The third-order valence-electron chi connectivity index (χ3n) is 9.70. The molecule has 2 fully saturated rings. The van der Waals surface area contributed by atoms with Gasteiger partial charge in [-0.1, -0.05) is 63.1 Å². The SMILES string of the molecule is COc1cc(CNC(=O)C2CN(C3=N[C@@H](C)[C@H](c4ccccc4)O3)CCN2C(=O)C(CCCCN2CCCCC2)NC(C)C)ccc1C#N. The maximum Gasteiger partial charge on any atom is 0.288 e. The van der Waals surface area contributed by atoms with Gasteiger partial charge in [-0.05, 0) is 75.5 Å². The van der Waals surface area contributed by atoms with Crippen LogP contribution in [0.4, 0.5) is 0 Å². The Balaban J connectivity index is 1.30. The highest BCUT2D eigenvalue weighted by Gasteiger charge is 2.41. The number of hydrogen-bond donors (Lipinski definition) is 2. The minimum absolute atomic E-state index is 0.0451. The Morgan fingerprint density at radius 1 is 1.06 bits per heavy atom. The highest BCUT2D eigenvalue weighted by Crippen LogP contribution is 2.31. The number of piperidine rings is 1. The van der Waals surface area contributed by atoms with Crippen LogP contribution in [0.3, 0.4) is 0 Å². The number of hydrogen-bond acceptors (Lipinski definition) is 9. The predicted octanol–water partition coefficient (Wildman–Crippen LogP) is 4.23. The van der Waals surface area contributed by atoms with E-state index in [4.69, 9.17) is 14.5 Å². The number of ether oxygens (including phenoxy) is 2. The van der Waals surface area contributed by atoms with Crippen LogP contribution in [0, 0.1) is 11.3 Å². The molecule has 2 amide bonds. The second-order valence-corrected chi connectivity index (χ2v) is 13.7. The Hall–Kier alpha value is -4.14. The molecule has 0 aliphatic carbocycles. The molecule has 11 nitrogen and oxygen atoms in total. The van der Waals surface area contributed by atoms with Crippen molar-refractivity contribution in [3.05, 3.63) is 65.2 Å². The van der Waals surface area contributed by atoms with Crippen molar-refractivity contribution in [2.75, 3.05) is 46.4 Å². The topological polar surface area (TPSA) is 123 Å². The first kappa shape index (κ1) is 36.1. The van der Waals surface area contributed by atoms with Crippen molar-refractivity contribution in [3.63, 3.8) is 0 Å². The van der Waals surface area contributed by atoms with Crippen LogP contribution in [0.1, 0.15) is 82.1 Å². The van der Waals surface area contributed by atoms with Gasteiger partial charge in [0.15, 0.2) is 0 Å². The molecule has 0 radical (unpaired) electrons. The second-order valence-electron chi connectivity index (χ2n) is 13.7. The summed E-state index contributed by atoms with van der Waals surface area (Å²) in [6.45, 7) is 10.9. The van der Waals surface area contributed by atoms with Gasteiger partial charge in [-0.2, -0.15) is 5.26 Å². The summed E-state index contributed by atoms with van der Waals surface area (Å²) in [7, 11) is 1.52. The van der Waals surface area contributed by atoms with E-state index in [-0.39, 0.29) is 49.1 Å². The Kier molecular flexibility index (Phi) is 12.9. The normalized spacial score (nSPS) is 21.9. The van der Waals surface area contributed by atoms with E-state index in [0.717, 1.165) is 36.9 Å². The first-order chi connectivity index (χ1) is 23.8. The van der Waals surface area contributed by atoms with Crippen molar-refractivity contribution < 1.29 is 19.1 Å². The highest BCUT2D eigenvalue weighted by molar-refractivity contribution is 5.91. The van der Waals surface area contributed by atoms with Gasteiger partial charge < -0.3 is 34.8 Å². The van der Waals surface area contributed by atoms with Crippen LogP contribution in [-0.4, -0.2) is 103 Å². The Bertz CT molecular complexity index is 1470. The number of aliphatic imine (C=N–C) groups is 1. The maximum atomic E-state index is 14.3. The lowest BCUT2D eigenvalue weighted by Gasteiger charge is -2.42. The summed E-state index contributed by atoms with van der Waals surface area (Å²) >= 11 is 0. The number of likely N-dealkylation sites (tertiary alicyclic amines) is 1. The number of nitrogens with zero attached hydrogens (tertiary/aromatic N) is 5. The van der Waals surface area contributed by atoms with Crippen LogP contribution in [0.5, 0.6) is 5.75 Å². The van der Waals surface area contributed by atoms with Crippen molar-refractivity contribution in [2.24, 2.45) is 4.99 Å². The van der Waals surface area contributed by atoms with Gasteiger partial charge in [0.25, 0.3) is 6.02 Å². The van der Waals surface area contributed by atoms with Gasteiger partial charge >= 0.3 is 0 Å². The average molecular weight is 672 g/mol. The number of methoxy groups -OCH3 is 1. The van der Waals surface area contributed by atoms with Crippen molar-refractivity contribution >= 4 is 17.8 Å². The van der Waals surface area contributed by atoms with Gasteiger partial charge in [0.2, 0.25) is 11.8 Å². The number of rotatable bonds is 13. The molecule has 11 heteroatoms. The standard InChI is InChI=1S/C38H53N7O4/c1-27(2)41-32(15-9-12-20-43-18-10-6-11-19-43)37(47)45-22-21-44(38-42-28(3)35(49-38)30-13-7-5-8-14-30)26-33(45)36(46)40-25-29-16-17-31(24-39)34(23-29)48-4/h5,7-8,13-14,16-17,23,27-28,32-33,35,41H,6,9-12,15,18-22,25-26H2,1-4H3,(H,40,46)/t28-,32?,33?,35+/m0/s1. The molecular formula is C38H53N7O4. The number of benzene rings is 2. The van der Waals surface area contributed by atoms with Crippen LogP contribution < -0.4 is 15.4 Å². The molecule has 3 heterocycles. The fourth-order valence-corrected chi connectivity index (χ4v) is 7.07. The van der Waals surface area contributed by atoms with E-state index >= 15 is 0 Å². The van der Waals surface area contributed by atoms with E-state index in [1.807, 2.05) is 42.2 Å². The molecule has 4 atom stereocenters. The molecule has 2 N–H and O–H groups in total. The van der Waals surface area contributed by atoms with E-state index in [2.05, 4.69) is 35.5 Å². The van der Waals surface area contributed by atoms with Crippen molar-refractivity contribution in [1.29, 1.82) is 5.26 Å². The number of amides is 2. The summed E-state index contributed by atoms with van der Waals surface area (Å²) in [6, 6.07) is 16.8. The van der Waals surface area contributed by atoms with Crippen LogP contribution >= 0.6 is 0 Å². The minimum Gasteiger partial charge on any atom is -0.495 e.